The van der Waals surface area contributed by atoms with Crippen molar-refractivity contribution in [1.82, 2.24) is 9.91 Å². The molecule has 1 heterocycles. The summed E-state index contributed by atoms with van der Waals surface area (Å²) >= 11 is 0. The second kappa shape index (κ2) is 10.8. The van der Waals surface area contributed by atoms with E-state index >= 15 is 0 Å². The monoisotopic (exact) mass is 449 g/mol. The average Bonchev–Trinajstić information content (AvgIpc) is 3.24. The molecule has 0 unspecified atom stereocenters. The Morgan fingerprint density at radius 2 is 1.79 bits per heavy atom. The van der Waals surface area contributed by atoms with Crippen LogP contribution >= 0.6 is 0 Å². The van der Waals surface area contributed by atoms with Crippen molar-refractivity contribution in [2.45, 2.75) is 47.1 Å². The van der Waals surface area contributed by atoms with Gasteiger partial charge in [0, 0.05) is 26.0 Å². The van der Waals surface area contributed by atoms with E-state index in [-0.39, 0.29) is 30.3 Å². The summed E-state index contributed by atoms with van der Waals surface area (Å²) in [7, 11) is 1.59. The quantitative estimate of drug-likeness (QED) is 0.599. The Bertz CT molecular complexity index is 1030. The van der Waals surface area contributed by atoms with Crippen molar-refractivity contribution in [1.29, 1.82) is 0 Å². The Hall–Kier alpha value is -2.99. The summed E-state index contributed by atoms with van der Waals surface area (Å²) in [4.78, 5) is 27.8. The van der Waals surface area contributed by atoms with Crippen LogP contribution in [0.1, 0.15) is 54.1 Å². The molecular weight excluding hydrogens is 414 g/mol. The molecule has 0 spiro atoms. The van der Waals surface area contributed by atoms with Crippen molar-refractivity contribution in [3.63, 3.8) is 0 Å². The maximum Gasteiger partial charge on any atom is 0.262 e. The van der Waals surface area contributed by atoms with Crippen molar-refractivity contribution < 1.29 is 14.3 Å². The van der Waals surface area contributed by atoms with Crippen LogP contribution in [0, 0.1) is 26.7 Å². The van der Waals surface area contributed by atoms with E-state index in [9.17, 15) is 9.59 Å². The number of ether oxygens (including phenoxy) is 1. The van der Waals surface area contributed by atoms with E-state index in [4.69, 9.17) is 9.84 Å². The number of aryl methyl sites for hydroxylation is 3. The number of benzene rings is 2. The molecule has 0 saturated heterocycles. The van der Waals surface area contributed by atoms with Gasteiger partial charge in [-0.1, -0.05) is 55.8 Å². The molecule has 0 aliphatic carbocycles. The smallest absolute Gasteiger partial charge is 0.262 e. The van der Waals surface area contributed by atoms with Gasteiger partial charge in [0.25, 0.3) is 5.91 Å². The number of hydrazone groups is 1. The van der Waals surface area contributed by atoms with Crippen LogP contribution in [0.2, 0.25) is 0 Å². The fourth-order valence-corrected chi connectivity index (χ4v) is 3.95. The highest BCUT2D eigenvalue weighted by Crippen LogP contribution is 2.33. The van der Waals surface area contributed by atoms with Crippen molar-refractivity contribution in [2.75, 3.05) is 26.8 Å². The van der Waals surface area contributed by atoms with Crippen LogP contribution in [0.3, 0.4) is 0 Å². The van der Waals surface area contributed by atoms with Crippen LogP contribution in [-0.2, 0) is 14.3 Å². The van der Waals surface area contributed by atoms with Crippen molar-refractivity contribution in [3.8, 4) is 0 Å². The summed E-state index contributed by atoms with van der Waals surface area (Å²) < 4.78 is 5.16. The minimum Gasteiger partial charge on any atom is -0.383 e. The van der Waals surface area contributed by atoms with Gasteiger partial charge >= 0.3 is 0 Å². The lowest BCUT2D eigenvalue weighted by molar-refractivity contribution is -0.143. The molecule has 3 rings (SSSR count). The number of hydrogen-bond acceptors (Lipinski definition) is 4. The lowest BCUT2D eigenvalue weighted by atomic mass is 9.96. The minimum atomic E-state index is -0.201. The van der Waals surface area contributed by atoms with Gasteiger partial charge in [0.15, 0.2) is 0 Å². The maximum absolute atomic E-state index is 13.5. The molecule has 33 heavy (non-hydrogen) atoms. The molecule has 2 aromatic rings. The van der Waals surface area contributed by atoms with E-state index in [1.54, 1.807) is 17.0 Å². The molecule has 2 aromatic carbocycles. The third kappa shape index (κ3) is 5.88. The molecule has 1 aliphatic heterocycles. The summed E-state index contributed by atoms with van der Waals surface area (Å²) in [6.07, 6.45) is 0.632. The lowest BCUT2D eigenvalue weighted by Gasteiger charge is -2.28. The molecule has 0 N–H and O–H groups in total. The Balaban J connectivity index is 1.92. The fraction of sp³-hybridized carbons (Fsp3) is 0.444. The predicted octanol–water partition coefficient (Wildman–Crippen LogP) is 4.42. The number of nitrogens with zero attached hydrogens (tertiary/aromatic N) is 3. The zero-order valence-corrected chi connectivity index (χ0v) is 20.6. The first-order chi connectivity index (χ1) is 15.7. The summed E-state index contributed by atoms with van der Waals surface area (Å²) in [6, 6.07) is 14.3. The van der Waals surface area contributed by atoms with Gasteiger partial charge in [-0.05, 0) is 49.1 Å². The van der Waals surface area contributed by atoms with Gasteiger partial charge in [-0.25, -0.2) is 5.01 Å². The Morgan fingerprint density at radius 3 is 2.39 bits per heavy atom. The zero-order chi connectivity index (χ0) is 24.1. The summed E-state index contributed by atoms with van der Waals surface area (Å²) in [5.74, 6) is -0.454. The zero-order valence-electron chi connectivity index (χ0n) is 20.6. The number of methoxy groups -OCH3 is 1. The molecule has 0 aromatic heterocycles. The minimum absolute atomic E-state index is 0.0214. The van der Waals surface area contributed by atoms with E-state index in [0.717, 1.165) is 22.4 Å². The van der Waals surface area contributed by atoms with Crippen LogP contribution in [0.15, 0.2) is 47.6 Å². The van der Waals surface area contributed by atoms with Crippen molar-refractivity contribution in [2.24, 2.45) is 11.0 Å². The third-order valence-electron chi connectivity index (χ3n) is 6.17. The number of hydrogen-bond donors (Lipinski definition) is 0. The number of rotatable bonds is 8. The second-order valence-electron chi connectivity index (χ2n) is 9.12. The molecule has 0 saturated carbocycles. The molecule has 0 fully saturated rings. The van der Waals surface area contributed by atoms with Gasteiger partial charge in [-0.2, -0.15) is 5.10 Å². The predicted molar refractivity (Wildman–Crippen MR) is 131 cm³/mol. The van der Waals surface area contributed by atoms with E-state index in [1.165, 1.54) is 11.1 Å². The number of amides is 2. The van der Waals surface area contributed by atoms with Gasteiger partial charge in [-0.15, -0.1) is 0 Å². The first kappa shape index (κ1) is 24.6. The third-order valence-corrected chi connectivity index (χ3v) is 6.17. The number of carbonyl (C=O) groups excluding carboxylic acids is 2. The van der Waals surface area contributed by atoms with Gasteiger partial charge in [0.1, 0.15) is 6.54 Å². The number of carbonyl (C=O) groups is 2. The highest BCUT2D eigenvalue weighted by atomic mass is 16.5. The SMILES string of the molecule is COCCN(CC(=O)N1N=C(c2ccc(C)c(C)c2)C[C@H]1c1ccc(C)cc1)C(=O)C(C)C. The molecular formula is C27H35N3O3. The van der Waals surface area contributed by atoms with E-state index in [0.29, 0.717) is 19.6 Å². The second-order valence-corrected chi connectivity index (χ2v) is 9.12. The fourth-order valence-electron chi connectivity index (χ4n) is 3.95. The summed E-state index contributed by atoms with van der Waals surface area (Å²) in [6.45, 7) is 10.6. The van der Waals surface area contributed by atoms with Crippen LogP contribution in [0.25, 0.3) is 0 Å². The Labute approximate surface area is 197 Å². The van der Waals surface area contributed by atoms with E-state index < -0.39 is 0 Å². The first-order valence-corrected chi connectivity index (χ1v) is 11.5. The van der Waals surface area contributed by atoms with Gasteiger partial charge in [0.2, 0.25) is 5.91 Å². The highest BCUT2D eigenvalue weighted by molar-refractivity contribution is 6.03. The van der Waals surface area contributed by atoms with Crippen LogP contribution in [0.4, 0.5) is 0 Å². The normalized spacial score (nSPS) is 15.7. The summed E-state index contributed by atoms with van der Waals surface area (Å²) in [5, 5.41) is 6.35. The van der Waals surface area contributed by atoms with E-state index in [1.807, 2.05) is 20.8 Å². The van der Waals surface area contributed by atoms with Crippen molar-refractivity contribution >= 4 is 17.5 Å². The molecule has 1 aliphatic rings. The summed E-state index contributed by atoms with van der Waals surface area (Å²) in [5.41, 5.74) is 6.53. The molecule has 6 nitrogen and oxygen atoms in total. The average molecular weight is 450 g/mol. The van der Waals surface area contributed by atoms with Crippen LogP contribution < -0.4 is 0 Å². The van der Waals surface area contributed by atoms with Gasteiger partial charge in [0.05, 0.1) is 18.4 Å². The highest BCUT2D eigenvalue weighted by Gasteiger charge is 2.34. The molecule has 1 atom stereocenters. The lowest BCUT2D eigenvalue weighted by Crippen LogP contribution is -2.44. The van der Waals surface area contributed by atoms with Gasteiger partial charge in [-0.3, -0.25) is 9.59 Å². The molecule has 2 amide bonds. The van der Waals surface area contributed by atoms with Crippen molar-refractivity contribution in [3.05, 3.63) is 70.3 Å². The van der Waals surface area contributed by atoms with Crippen LogP contribution in [0.5, 0.6) is 0 Å². The Kier molecular flexibility index (Phi) is 8.03. The molecule has 176 valence electrons. The van der Waals surface area contributed by atoms with Crippen LogP contribution in [-0.4, -0.2) is 54.2 Å². The molecule has 0 radical (unpaired) electrons. The first-order valence-electron chi connectivity index (χ1n) is 11.5. The maximum atomic E-state index is 13.5. The molecule has 6 heteroatoms. The standard InChI is InChI=1S/C27H35N3O3/c1-18(2)27(32)29(13-14-33-6)17-26(31)30-25(22-10-7-19(3)8-11-22)16-24(28-30)23-12-9-20(4)21(5)15-23/h7-12,15,18,25H,13-14,16-17H2,1-6H3/t25-/m0/s1. The van der Waals surface area contributed by atoms with Gasteiger partial charge < -0.3 is 9.64 Å². The Morgan fingerprint density at radius 1 is 1.09 bits per heavy atom. The largest absolute Gasteiger partial charge is 0.383 e. The van der Waals surface area contributed by atoms with E-state index in [2.05, 4.69) is 56.3 Å². The topological polar surface area (TPSA) is 62.2 Å². The molecule has 0 bridgehead atoms.